The maximum absolute atomic E-state index is 14.9. The first kappa shape index (κ1) is 34.0. The lowest BCUT2D eigenvalue weighted by Crippen LogP contribution is -2.54. The van der Waals surface area contributed by atoms with Crippen molar-refractivity contribution in [3.63, 3.8) is 0 Å². The summed E-state index contributed by atoms with van der Waals surface area (Å²) in [7, 11) is 0. The van der Waals surface area contributed by atoms with Gasteiger partial charge >= 0.3 is 18.0 Å². The van der Waals surface area contributed by atoms with Crippen molar-refractivity contribution in [1.82, 2.24) is 14.0 Å². The van der Waals surface area contributed by atoms with Crippen LogP contribution in [0, 0.1) is 12.7 Å². The third-order valence-electron chi connectivity index (χ3n) is 8.39. The second kappa shape index (κ2) is 13.0. The summed E-state index contributed by atoms with van der Waals surface area (Å²) in [6, 6.07) is 12.1. The maximum atomic E-state index is 14.9. The van der Waals surface area contributed by atoms with Crippen molar-refractivity contribution in [2.24, 2.45) is 5.73 Å². The SMILES string of the molecule is Cc1c(N2CCN(Cc3ccc(C(F)(F)F)o3)[C@@H](C)C2)c(=O)n(C[C@H](N)c2ccccc2)c(=O)n1Cc1c(F)cccc1C(F)(F)F. The quantitative estimate of drug-likeness (QED) is 0.248. The Bertz CT molecular complexity index is 1850. The van der Waals surface area contributed by atoms with Crippen LogP contribution in [0.15, 0.2) is 74.7 Å². The molecule has 0 spiro atoms. The average molecular weight is 668 g/mol. The van der Waals surface area contributed by atoms with Crippen LogP contribution in [0.1, 0.15) is 46.9 Å². The highest BCUT2D eigenvalue weighted by Crippen LogP contribution is 2.34. The number of benzene rings is 2. The molecule has 0 radical (unpaired) electrons. The van der Waals surface area contributed by atoms with Gasteiger partial charge in [0.25, 0.3) is 5.56 Å². The molecule has 47 heavy (non-hydrogen) atoms. The highest BCUT2D eigenvalue weighted by atomic mass is 19.4. The molecule has 1 fully saturated rings. The number of rotatable bonds is 8. The van der Waals surface area contributed by atoms with E-state index in [0.717, 1.165) is 33.4 Å². The Balaban J connectivity index is 1.53. The molecular formula is C32H32F7N5O3. The lowest BCUT2D eigenvalue weighted by atomic mass is 10.1. The number of hydrogen-bond donors (Lipinski definition) is 1. The van der Waals surface area contributed by atoms with Crippen LogP contribution in [-0.4, -0.2) is 39.7 Å². The number of nitrogens with two attached hydrogens (primary N) is 1. The summed E-state index contributed by atoms with van der Waals surface area (Å²) in [5, 5.41) is 0. The highest BCUT2D eigenvalue weighted by molar-refractivity contribution is 5.50. The third-order valence-corrected chi connectivity index (χ3v) is 8.39. The predicted molar refractivity (Wildman–Crippen MR) is 159 cm³/mol. The van der Waals surface area contributed by atoms with Crippen molar-refractivity contribution in [2.45, 2.75) is 57.9 Å². The maximum Gasteiger partial charge on any atom is 0.449 e. The van der Waals surface area contributed by atoms with Crippen LogP contribution in [0.3, 0.4) is 0 Å². The minimum Gasteiger partial charge on any atom is -0.455 e. The van der Waals surface area contributed by atoms with E-state index in [2.05, 4.69) is 0 Å². The largest absolute Gasteiger partial charge is 0.455 e. The second-order valence-electron chi connectivity index (χ2n) is 11.5. The molecular weight excluding hydrogens is 635 g/mol. The van der Waals surface area contributed by atoms with Crippen LogP contribution in [-0.2, 0) is 32.0 Å². The van der Waals surface area contributed by atoms with Gasteiger partial charge in [0.2, 0.25) is 5.76 Å². The van der Waals surface area contributed by atoms with Gasteiger partial charge in [-0.1, -0.05) is 36.4 Å². The molecule has 2 aromatic carbocycles. The van der Waals surface area contributed by atoms with Crippen molar-refractivity contribution in [3.8, 4) is 0 Å². The molecule has 15 heteroatoms. The van der Waals surface area contributed by atoms with Gasteiger partial charge in [0.1, 0.15) is 17.3 Å². The number of aromatic nitrogens is 2. The zero-order valence-corrected chi connectivity index (χ0v) is 25.4. The van der Waals surface area contributed by atoms with Gasteiger partial charge in [-0.15, -0.1) is 0 Å². The molecule has 1 aliphatic rings. The van der Waals surface area contributed by atoms with Crippen LogP contribution in [0.5, 0.6) is 0 Å². The Hall–Kier alpha value is -4.37. The van der Waals surface area contributed by atoms with Crippen LogP contribution in [0.4, 0.5) is 36.4 Å². The Morgan fingerprint density at radius 1 is 0.894 bits per heavy atom. The van der Waals surface area contributed by atoms with E-state index in [1.54, 1.807) is 42.2 Å². The standard InChI is InChI=1S/C32H32F7N5O3/c1-19-15-42(14-13-41(19)16-22-11-12-27(47-22)32(37,38)39)28-20(2)43(17-23-24(31(34,35)36)9-6-10-25(23)33)30(46)44(29(28)45)18-26(40)21-7-4-3-5-8-21/h3-12,19,26H,13-18,40H2,1-2H3/t19-,26-/m0/s1. The van der Waals surface area contributed by atoms with E-state index in [9.17, 15) is 40.3 Å². The predicted octanol–water partition coefficient (Wildman–Crippen LogP) is 5.55. The van der Waals surface area contributed by atoms with Gasteiger partial charge in [0.05, 0.1) is 25.2 Å². The fourth-order valence-corrected chi connectivity index (χ4v) is 5.89. The number of hydrogen-bond acceptors (Lipinski definition) is 6. The average Bonchev–Trinajstić information content (AvgIpc) is 3.49. The zero-order valence-electron chi connectivity index (χ0n) is 25.4. The van der Waals surface area contributed by atoms with Gasteiger partial charge in [-0.2, -0.15) is 26.3 Å². The summed E-state index contributed by atoms with van der Waals surface area (Å²) in [5.74, 6) is -2.18. The molecule has 0 bridgehead atoms. The van der Waals surface area contributed by atoms with Gasteiger partial charge in [0.15, 0.2) is 0 Å². The lowest BCUT2D eigenvalue weighted by Gasteiger charge is -2.41. The highest BCUT2D eigenvalue weighted by Gasteiger charge is 2.37. The number of anilines is 1. The van der Waals surface area contributed by atoms with Crippen molar-refractivity contribution in [3.05, 3.63) is 121 Å². The number of nitrogens with zero attached hydrogens (tertiary/aromatic N) is 4. The van der Waals surface area contributed by atoms with E-state index >= 15 is 0 Å². The van der Waals surface area contributed by atoms with Crippen LogP contribution < -0.4 is 21.9 Å². The molecule has 1 saturated heterocycles. The van der Waals surface area contributed by atoms with E-state index < -0.39 is 58.9 Å². The molecule has 0 amide bonds. The summed E-state index contributed by atoms with van der Waals surface area (Å²) in [4.78, 5) is 31.4. The van der Waals surface area contributed by atoms with Crippen molar-refractivity contribution >= 4 is 5.69 Å². The number of halogens is 7. The Morgan fingerprint density at radius 2 is 1.60 bits per heavy atom. The molecule has 2 aromatic heterocycles. The fraction of sp³-hybridized carbons (Fsp3) is 0.375. The lowest BCUT2D eigenvalue weighted by molar-refractivity contribution is -0.153. The molecule has 5 rings (SSSR count). The molecule has 3 heterocycles. The molecule has 4 aromatic rings. The summed E-state index contributed by atoms with van der Waals surface area (Å²) in [6.45, 7) is 2.78. The summed E-state index contributed by atoms with van der Waals surface area (Å²) in [5.41, 5.74) is 3.34. The first-order valence-electron chi connectivity index (χ1n) is 14.7. The normalized spacial score (nSPS) is 16.9. The Morgan fingerprint density at radius 3 is 2.21 bits per heavy atom. The van der Waals surface area contributed by atoms with E-state index in [0.29, 0.717) is 5.56 Å². The van der Waals surface area contributed by atoms with Gasteiger partial charge in [-0.05, 0) is 43.7 Å². The second-order valence-corrected chi connectivity index (χ2v) is 11.5. The Labute approximate surface area is 264 Å². The molecule has 0 aliphatic carbocycles. The molecule has 0 saturated carbocycles. The molecule has 2 N–H and O–H groups in total. The van der Waals surface area contributed by atoms with E-state index in [1.165, 1.54) is 13.0 Å². The fourth-order valence-electron chi connectivity index (χ4n) is 5.89. The first-order chi connectivity index (χ1) is 22.1. The van der Waals surface area contributed by atoms with Crippen LogP contribution in [0.25, 0.3) is 0 Å². The van der Waals surface area contributed by atoms with Gasteiger partial charge < -0.3 is 15.1 Å². The molecule has 0 unspecified atom stereocenters. The van der Waals surface area contributed by atoms with Gasteiger partial charge in [0, 0.05) is 43.0 Å². The zero-order chi connectivity index (χ0) is 34.3. The first-order valence-corrected chi connectivity index (χ1v) is 14.7. The topological polar surface area (TPSA) is 89.6 Å². The van der Waals surface area contributed by atoms with E-state index in [-0.39, 0.29) is 55.9 Å². The summed E-state index contributed by atoms with van der Waals surface area (Å²) >= 11 is 0. The summed E-state index contributed by atoms with van der Waals surface area (Å²) < 4.78 is 102. The van der Waals surface area contributed by atoms with Crippen molar-refractivity contribution in [2.75, 3.05) is 24.5 Å². The monoisotopic (exact) mass is 667 g/mol. The van der Waals surface area contributed by atoms with Gasteiger partial charge in [-0.3, -0.25) is 18.8 Å². The van der Waals surface area contributed by atoms with Crippen LogP contribution >= 0.6 is 0 Å². The number of piperazine rings is 1. The number of alkyl halides is 6. The van der Waals surface area contributed by atoms with E-state index in [1.807, 2.05) is 4.90 Å². The van der Waals surface area contributed by atoms with Crippen molar-refractivity contribution < 1.29 is 35.2 Å². The molecule has 8 nitrogen and oxygen atoms in total. The number of furan rings is 1. The summed E-state index contributed by atoms with van der Waals surface area (Å²) in [6.07, 6.45) is -9.54. The third kappa shape index (κ3) is 7.15. The van der Waals surface area contributed by atoms with Crippen molar-refractivity contribution in [1.29, 1.82) is 0 Å². The minimum absolute atomic E-state index is 0.0265. The molecule has 1 aliphatic heterocycles. The molecule has 2 atom stereocenters. The Kier molecular flexibility index (Phi) is 9.42. The van der Waals surface area contributed by atoms with E-state index in [4.69, 9.17) is 10.2 Å². The van der Waals surface area contributed by atoms with Crippen LogP contribution in [0.2, 0.25) is 0 Å². The molecule has 252 valence electrons. The minimum atomic E-state index is -4.91. The smallest absolute Gasteiger partial charge is 0.449 e. The van der Waals surface area contributed by atoms with Gasteiger partial charge in [-0.25, -0.2) is 9.18 Å².